The molecule has 2 aromatic carbocycles. The van der Waals surface area contributed by atoms with Crippen LogP contribution in [0.15, 0.2) is 66.9 Å². The van der Waals surface area contributed by atoms with Crippen molar-refractivity contribution in [2.75, 3.05) is 26.1 Å². The predicted molar refractivity (Wildman–Crippen MR) is 119 cm³/mol. The van der Waals surface area contributed by atoms with E-state index in [1.165, 1.54) is 0 Å². The highest BCUT2D eigenvalue weighted by Gasteiger charge is 2.18. The molecule has 2 aromatic heterocycles. The van der Waals surface area contributed by atoms with Gasteiger partial charge in [0.05, 0.1) is 14.2 Å². The molecule has 0 atom stereocenters. The van der Waals surface area contributed by atoms with E-state index in [1.807, 2.05) is 66.1 Å². The van der Waals surface area contributed by atoms with Crippen molar-refractivity contribution in [1.29, 1.82) is 0 Å². The van der Waals surface area contributed by atoms with Crippen molar-refractivity contribution in [1.82, 2.24) is 9.38 Å². The quantitative estimate of drug-likeness (QED) is 0.484. The van der Waals surface area contributed by atoms with Crippen molar-refractivity contribution < 1.29 is 19.0 Å². The zero-order valence-electron chi connectivity index (χ0n) is 17.6. The van der Waals surface area contributed by atoms with Crippen LogP contribution < -0.4 is 19.5 Å². The Morgan fingerprint density at radius 1 is 1.00 bits per heavy atom. The number of nitrogens with zero attached hydrogens (tertiary/aromatic N) is 2. The van der Waals surface area contributed by atoms with Crippen LogP contribution in [0, 0.1) is 6.92 Å². The number of amides is 1. The van der Waals surface area contributed by atoms with Crippen LogP contribution in [0.2, 0.25) is 0 Å². The minimum atomic E-state index is -0.283. The van der Waals surface area contributed by atoms with Crippen molar-refractivity contribution in [2.45, 2.75) is 6.92 Å². The number of ether oxygens (including phenoxy) is 3. The monoisotopic (exact) mass is 417 g/mol. The van der Waals surface area contributed by atoms with E-state index < -0.39 is 0 Å². The number of aromatic nitrogens is 2. The number of nitrogens with one attached hydrogen (secondary N) is 1. The summed E-state index contributed by atoms with van der Waals surface area (Å²) in [5.74, 6) is 2.11. The Bertz CT molecular complexity index is 1220. The summed E-state index contributed by atoms with van der Waals surface area (Å²) < 4.78 is 18.2. The largest absolute Gasteiger partial charge is 0.493 e. The molecule has 0 saturated heterocycles. The van der Waals surface area contributed by atoms with Gasteiger partial charge < -0.3 is 19.5 Å². The molecule has 158 valence electrons. The van der Waals surface area contributed by atoms with Gasteiger partial charge in [-0.15, -0.1) is 0 Å². The lowest BCUT2D eigenvalue weighted by Gasteiger charge is -2.11. The second-order valence-corrected chi connectivity index (χ2v) is 6.96. The standard InChI is InChI=1S/C24H23N3O4/c1-16-9-12-21-25-23(17-10-11-19(29-2)20(13-17)30-3)24(27(21)14-16)26-22(28)15-31-18-7-5-4-6-8-18/h4-14H,15H2,1-3H3,(H,26,28). The molecule has 0 bridgehead atoms. The third-order valence-corrected chi connectivity index (χ3v) is 4.79. The molecular weight excluding hydrogens is 394 g/mol. The van der Waals surface area contributed by atoms with Gasteiger partial charge in [-0.25, -0.2) is 4.98 Å². The number of carbonyl (C=O) groups excluding carboxylic acids is 1. The fourth-order valence-electron chi connectivity index (χ4n) is 3.29. The second-order valence-electron chi connectivity index (χ2n) is 6.96. The van der Waals surface area contributed by atoms with Gasteiger partial charge in [0, 0.05) is 11.8 Å². The Labute approximate surface area is 180 Å². The molecule has 4 rings (SSSR count). The van der Waals surface area contributed by atoms with Gasteiger partial charge in [0.2, 0.25) is 0 Å². The summed E-state index contributed by atoms with van der Waals surface area (Å²) in [7, 11) is 3.17. The molecule has 2 heterocycles. The first kappa shape index (κ1) is 20.3. The van der Waals surface area contributed by atoms with Crippen molar-refractivity contribution in [2.24, 2.45) is 0 Å². The molecule has 31 heavy (non-hydrogen) atoms. The first-order valence-electron chi connectivity index (χ1n) is 9.78. The number of carbonyl (C=O) groups is 1. The van der Waals surface area contributed by atoms with Crippen LogP contribution in [-0.4, -0.2) is 36.1 Å². The molecule has 7 heteroatoms. The van der Waals surface area contributed by atoms with E-state index in [4.69, 9.17) is 19.2 Å². The average molecular weight is 417 g/mol. The van der Waals surface area contributed by atoms with Crippen molar-refractivity contribution in [3.63, 3.8) is 0 Å². The number of rotatable bonds is 7. The molecule has 4 aromatic rings. The van der Waals surface area contributed by atoms with Crippen molar-refractivity contribution >= 4 is 17.4 Å². The summed E-state index contributed by atoms with van der Waals surface area (Å²) in [4.78, 5) is 17.4. The van der Waals surface area contributed by atoms with Crippen LogP contribution in [-0.2, 0) is 4.79 Å². The number of fused-ring (bicyclic) bond motifs is 1. The minimum Gasteiger partial charge on any atom is -0.493 e. The van der Waals surface area contributed by atoms with Gasteiger partial charge in [0.25, 0.3) is 5.91 Å². The van der Waals surface area contributed by atoms with Gasteiger partial charge in [-0.05, 0) is 48.9 Å². The van der Waals surface area contributed by atoms with E-state index in [0.717, 1.165) is 16.8 Å². The molecular formula is C24H23N3O4. The Morgan fingerprint density at radius 2 is 1.77 bits per heavy atom. The van der Waals surface area contributed by atoms with E-state index in [1.54, 1.807) is 26.4 Å². The molecule has 1 N–H and O–H groups in total. The summed E-state index contributed by atoms with van der Waals surface area (Å²) >= 11 is 0. The fraction of sp³-hybridized carbons (Fsp3) is 0.167. The number of pyridine rings is 1. The molecule has 1 amide bonds. The minimum absolute atomic E-state index is 0.117. The molecule has 0 saturated carbocycles. The van der Waals surface area contributed by atoms with Gasteiger partial charge in [-0.2, -0.15) is 0 Å². The highest BCUT2D eigenvalue weighted by Crippen LogP contribution is 2.35. The first-order chi connectivity index (χ1) is 15.1. The lowest BCUT2D eigenvalue weighted by molar-refractivity contribution is -0.118. The fourth-order valence-corrected chi connectivity index (χ4v) is 3.29. The number of para-hydroxylation sites is 1. The van der Waals surface area contributed by atoms with Crippen LogP contribution in [0.1, 0.15) is 5.56 Å². The summed E-state index contributed by atoms with van der Waals surface area (Å²) in [5, 5.41) is 2.96. The smallest absolute Gasteiger partial charge is 0.263 e. The predicted octanol–water partition coefficient (Wildman–Crippen LogP) is 4.34. The second kappa shape index (κ2) is 8.79. The zero-order valence-corrected chi connectivity index (χ0v) is 17.6. The van der Waals surface area contributed by atoms with Gasteiger partial charge >= 0.3 is 0 Å². The summed E-state index contributed by atoms with van der Waals surface area (Å²) in [6.45, 7) is 1.87. The Morgan fingerprint density at radius 3 is 2.52 bits per heavy atom. The van der Waals surface area contributed by atoms with Crippen molar-refractivity contribution in [3.8, 4) is 28.5 Å². The Kier molecular flexibility index (Phi) is 5.75. The molecule has 0 unspecified atom stereocenters. The van der Waals surface area contributed by atoms with Crippen LogP contribution in [0.4, 0.5) is 5.82 Å². The number of hydrogen-bond donors (Lipinski definition) is 1. The Balaban J connectivity index is 1.69. The van der Waals surface area contributed by atoms with E-state index in [9.17, 15) is 4.79 Å². The summed E-state index contributed by atoms with van der Waals surface area (Å²) in [6.07, 6.45) is 1.93. The highest BCUT2D eigenvalue weighted by molar-refractivity contribution is 5.95. The Hall–Kier alpha value is -4.00. The van der Waals surface area contributed by atoms with Gasteiger partial charge in [-0.1, -0.05) is 24.3 Å². The van der Waals surface area contributed by atoms with E-state index in [2.05, 4.69) is 5.32 Å². The number of anilines is 1. The molecule has 0 radical (unpaired) electrons. The number of hydrogen-bond acceptors (Lipinski definition) is 5. The zero-order chi connectivity index (χ0) is 21.8. The lowest BCUT2D eigenvalue weighted by Crippen LogP contribution is -2.21. The van der Waals surface area contributed by atoms with Gasteiger partial charge in [0.1, 0.15) is 22.9 Å². The lowest BCUT2D eigenvalue weighted by atomic mass is 10.1. The molecule has 0 aliphatic carbocycles. The first-order valence-corrected chi connectivity index (χ1v) is 9.78. The van der Waals surface area contributed by atoms with Crippen LogP contribution in [0.5, 0.6) is 17.2 Å². The third kappa shape index (κ3) is 4.30. The molecule has 0 aliphatic heterocycles. The molecule has 0 fully saturated rings. The van der Waals surface area contributed by atoms with Gasteiger partial charge in [-0.3, -0.25) is 9.20 Å². The molecule has 0 spiro atoms. The number of benzene rings is 2. The van der Waals surface area contributed by atoms with E-state index in [-0.39, 0.29) is 12.5 Å². The highest BCUT2D eigenvalue weighted by atomic mass is 16.5. The van der Waals surface area contributed by atoms with Crippen molar-refractivity contribution in [3.05, 3.63) is 72.4 Å². The summed E-state index contributed by atoms with van der Waals surface area (Å²) in [5.41, 5.74) is 3.17. The van der Waals surface area contributed by atoms with Crippen LogP contribution >= 0.6 is 0 Å². The van der Waals surface area contributed by atoms with E-state index in [0.29, 0.717) is 28.8 Å². The maximum absolute atomic E-state index is 12.7. The number of aryl methyl sites for hydroxylation is 1. The molecule has 0 aliphatic rings. The molecule has 7 nitrogen and oxygen atoms in total. The average Bonchev–Trinajstić information content (AvgIpc) is 3.15. The SMILES string of the molecule is COc1ccc(-c2nc3ccc(C)cn3c2NC(=O)COc2ccccc2)cc1OC. The van der Waals surface area contributed by atoms with Crippen LogP contribution in [0.25, 0.3) is 16.9 Å². The van der Waals surface area contributed by atoms with Crippen LogP contribution in [0.3, 0.4) is 0 Å². The summed E-state index contributed by atoms with van der Waals surface area (Å²) in [6, 6.07) is 18.6. The number of methoxy groups -OCH3 is 2. The maximum Gasteiger partial charge on any atom is 0.263 e. The number of imidazole rings is 1. The van der Waals surface area contributed by atoms with Gasteiger partial charge in [0.15, 0.2) is 18.1 Å². The normalized spacial score (nSPS) is 10.7. The third-order valence-electron chi connectivity index (χ3n) is 4.79. The van der Waals surface area contributed by atoms with E-state index >= 15 is 0 Å². The topological polar surface area (TPSA) is 74.1 Å². The maximum atomic E-state index is 12.7.